The maximum Gasteiger partial charge on any atom is 0.276 e. The van der Waals surface area contributed by atoms with E-state index in [4.69, 9.17) is 5.14 Å². The van der Waals surface area contributed by atoms with Gasteiger partial charge in [0.15, 0.2) is 5.69 Å². The third-order valence-corrected chi connectivity index (χ3v) is 5.80. The van der Waals surface area contributed by atoms with Gasteiger partial charge in [0.05, 0.1) is 10.6 Å². The molecule has 0 aliphatic heterocycles. The summed E-state index contributed by atoms with van der Waals surface area (Å²) in [4.78, 5) is 12.8. The largest absolute Gasteiger partial charge is 0.321 e. The summed E-state index contributed by atoms with van der Waals surface area (Å²) in [6.45, 7) is 0. The number of nitrogens with one attached hydrogen (secondary N) is 1. The van der Waals surface area contributed by atoms with Crippen molar-refractivity contribution < 1.29 is 17.6 Å². The molecule has 0 spiro atoms. The van der Waals surface area contributed by atoms with Crippen LogP contribution in [0.15, 0.2) is 53.4 Å². The van der Waals surface area contributed by atoms with E-state index < -0.39 is 15.9 Å². The van der Waals surface area contributed by atoms with Crippen LogP contribution < -0.4 is 10.5 Å². The molecule has 0 saturated heterocycles. The average molecular weight is 414 g/mol. The van der Waals surface area contributed by atoms with Gasteiger partial charge in [-0.05, 0) is 68.1 Å². The molecule has 7 nitrogen and oxygen atoms in total. The molecule has 2 aromatic carbocycles. The van der Waals surface area contributed by atoms with Crippen LogP contribution in [0.5, 0.6) is 0 Å². The Morgan fingerprint density at radius 2 is 1.83 bits per heavy atom. The van der Waals surface area contributed by atoms with Crippen LogP contribution in [0.1, 0.15) is 34.6 Å². The quantitative estimate of drug-likeness (QED) is 0.684. The van der Waals surface area contributed by atoms with E-state index in [1.54, 1.807) is 22.9 Å². The molecule has 9 heteroatoms. The lowest BCUT2D eigenvalue weighted by Gasteiger charge is -2.14. The van der Waals surface area contributed by atoms with Gasteiger partial charge >= 0.3 is 0 Å². The number of carbonyl (C=O) groups excluding carboxylic acids is 1. The smallest absolute Gasteiger partial charge is 0.276 e. The molecule has 0 bridgehead atoms. The summed E-state index contributed by atoms with van der Waals surface area (Å²) in [6, 6.07) is 11.7. The van der Waals surface area contributed by atoms with Crippen molar-refractivity contribution in [2.75, 3.05) is 5.32 Å². The average Bonchev–Trinajstić information content (AvgIpc) is 3.08. The van der Waals surface area contributed by atoms with Gasteiger partial charge in [0, 0.05) is 16.9 Å². The van der Waals surface area contributed by atoms with E-state index in [2.05, 4.69) is 10.4 Å². The minimum Gasteiger partial charge on any atom is -0.321 e. The molecule has 0 saturated carbocycles. The van der Waals surface area contributed by atoms with Crippen molar-refractivity contribution in [2.24, 2.45) is 5.14 Å². The summed E-state index contributed by atoms with van der Waals surface area (Å²) in [5.74, 6) is -0.780. The number of fused-ring (bicyclic) bond motifs is 1. The Morgan fingerprint density at radius 3 is 2.55 bits per heavy atom. The van der Waals surface area contributed by atoms with Gasteiger partial charge in [-0.15, -0.1) is 0 Å². The lowest BCUT2D eigenvalue weighted by Crippen LogP contribution is -2.17. The minimum atomic E-state index is -3.88. The first kappa shape index (κ1) is 19.3. The fourth-order valence-electron chi connectivity index (χ4n) is 3.52. The molecule has 1 heterocycles. The number of hydrogen-bond acceptors (Lipinski definition) is 4. The first-order valence-electron chi connectivity index (χ1n) is 9.14. The predicted molar refractivity (Wildman–Crippen MR) is 106 cm³/mol. The van der Waals surface area contributed by atoms with Crippen molar-refractivity contribution in [1.82, 2.24) is 9.78 Å². The fourth-order valence-corrected chi connectivity index (χ4v) is 4.08. The number of sulfonamides is 1. The fraction of sp³-hybridized carbons (Fsp3) is 0.200. The lowest BCUT2D eigenvalue weighted by molar-refractivity contribution is 0.102. The Morgan fingerprint density at radius 1 is 1.10 bits per heavy atom. The molecule has 4 rings (SSSR count). The second-order valence-corrected chi connectivity index (χ2v) is 8.46. The van der Waals surface area contributed by atoms with Crippen LogP contribution >= 0.6 is 0 Å². The zero-order valence-corrected chi connectivity index (χ0v) is 16.2. The highest BCUT2D eigenvalue weighted by Crippen LogP contribution is 2.28. The molecular formula is C20H19FN4O3S. The first-order valence-corrected chi connectivity index (χ1v) is 10.7. The molecule has 0 fully saturated rings. The highest BCUT2D eigenvalue weighted by Gasteiger charge is 2.26. The lowest BCUT2D eigenvalue weighted by atomic mass is 9.95. The van der Waals surface area contributed by atoms with Gasteiger partial charge in [0.2, 0.25) is 10.0 Å². The van der Waals surface area contributed by atoms with Crippen molar-refractivity contribution in [3.8, 4) is 5.69 Å². The third kappa shape index (κ3) is 3.92. The second kappa shape index (κ2) is 7.41. The van der Waals surface area contributed by atoms with Crippen molar-refractivity contribution in [3.63, 3.8) is 0 Å². The van der Waals surface area contributed by atoms with Crippen molar-refractivity contribution in [1.29, 1.82) is 0 Å². The van der Waals surface area contributed by atoms with Gasteiger partial charge < -0.3 is 5.32 Å². The number of primary sulfonamides is 1. The number of halogens is 1. The molecular weight excluding hydrogens is 395 g/mol. The van der Waals surface area contributed by atoms with E-state index in [0.717, 1.165) is 36.9 Å². The number of nitrogens with two attached hydrogens (primary N) is 1. The summed E-state index contributed by atoms with van der Waals surface area (Å²) < 4.78 is 38.1. The maximum absolute atomic E-state index is 13.3. The highest BCUT2D eigenvalue weighted by atomic mass is 32.2. The van der Waals surface area contributed by atoms with E-state index in [1.165, 1.54) is 30.3 Å². The summed E-state index contributed by atoms with van der Waals surface area (Å²) >= 11 is 0. The summed E-state index contributed by atoms with van der Waals surface area (Å²) in [7, 11) is -3.88. The molecule has 150 valence electrons. The zero-order chi connectivity index (χ0) is 20.6. The van der Waals surface area contributed by atoms with E-state index in [9.17, 15) is 17.6 Å². The van der Waals surface area contributed by atoms with Crippen LogP contribution in [0.4, 0.5) is 10.1 Å². The number of rotatable bonds is 4. The molecule has 3 aromatic rings. The van der Waals surface area contributed by atoms with E-state index in [-0.39, 0.29) is 16.4 Å². The number of carbonyl (C=O) groups is 1. The van der Waals surface area contributed by atoms with Crippen molar-refractivity contribution >= 4 is 21.6 Å². The number of nitrogens with zero attached hydrogens (tertiary/aromatic N) is 2. The van der Waals surface area contributed by atoms with Gasteiger partial charge in [0.25, 0.3) is 5.91 Å². The molecule has 1 aliphatic rings. The molecule has 0 radical (unpaired) electrons. The Hall–Kier alpha value is -3.04. The Bertz CT molecular complexity index is 1190. The summed E-state index contributed by atoms with van der Waals surface area (Å²) in [6.07, 6.45) is 3.42. The SMILES string of the molecule is NS(=O)(=O)c1cccc(NC(=O)c2nn(-c3ccc(F)cc3)c3c2CCCC3)c1. The molecule has 0 atom stereocenters. The monoisotopic (exact) mass is 414 g/mol. The molecule has 1 aromatic heterocycles. The number of amides is 1. The van der Waals surface area contributed by atoms with Gasteiger partial charge in [-0.25, -0.2) is 22.6 Å². The van der Waals surface area contributed by atoms with Crippen molar-refractivity contribution in [3.05, 3.63) is 71.3 Å². The van der Waals surface area contributed by atoms with Crippen LogP contribution in [-0.2, 0) is 22.9 Å². The van der Waals surface area contributed by atoms with Crippen LogP contribution in [0.3, 0.4) is 0 Å². The van der Waals surface area contributed by atoms with Crippen LogP contribution in [0.2, 0.25) is 0 Å². The summed E-state index contributed by atoms with van der Waals surface area (Å²) in [5, 5.41) is 12.4. The molecule has 1 aliphatic carbocycles. The molecule has 1 amide bonds. The normalized spacial score (nSPS) is 13.7. The Balaban J connectivity index is 1.70. The van der Waals surface area contributed by atoms with Crippen LogP contribution in [-0.4, -0.2) is 24.1 Å². The standard InChI is InChI=1S/C20H19FN4O3S/c21-13-8-10-15(11-9-13)25-18-7-2-1-6-17(18)19(24-25)20(26)23-14-4-3-5-16(12-14)29(22,27)28/h3-5,8-12H,1-2,6-7H2,(H,23,26)(H2,22,27,28). The molecule has 3 N–H and O–H groups in total. The minimum absolute atomic E-state index is 0.0887. The maximum atomic E-state index is 13.3. The number of aromatic nitrogens is 2. The predicted octanol–water partition coefficient (Wildman–Crippen LogP) is 2.79. The van der Waals surface area contributed by atoms with Crippen molar-refractivity contribution in [2.45, 2.75) is 30.6 Å². The third-order valence-electron chi connectivity index (χ3n) is 4.89. The van der Waals surface area contributed by atoms with Gasteiger partial charge in [-0.2, -0.15) is 5.10 Å². The second-order valence-electron chi connectivity index (χ2n) is 6.90. The number of hydrogen-bond donors (Lipinski definition) is 2. The van der Waals surface area contributed by atoms with E-state index in [0.29, 0.717) is 11.4 Å². The summed E-state index contributed by atoms with van der Waals surface area (Å²) in [5.41, 5.74) is 3.07. The number of benzene rings is 2. The zero-order valence-electron chi connectivity index (χ0n) is 15.4. The highest BCUT2D eigenvalue weighted by molar-refractivity contribution is 7.89. The van der Waals surface area contributed by atoms with Gasteiger partial charge in [-0.1, -0.05) is 6.07 Å². The van der Waals surface area contributed by atoms with Crippen LogP contribution in [0, 0.1) is 5.82 Å². The van der Waals surface area contributed by atoms with E-state index in [1.807, 2.05) is 0 Å². The van der Waals surface area contributed by atoms with Gasteiger partial charge in [0.1, 0.15) is 5.82 Å². The van der Waals surface area contributed by atoms with E-state index >= 15 is 0 Å². The molecule has 29 heavy (non-hydrogen) atoms. The first-order chi connectivity index (χ1) is 13.8. The van der Waals surface area contributed by atoms with Gasteiger partial charge in [-0.3, -0.25) is 4.79 Å². The van der Waals surface area contributed by atoms with Crippen LogP contribution in [0.25, 0.3) is 5.69 Å². The topological polar surface area (TPSA) is 107 Å². The number of anilines is 1. The Kier molecular flexibility index (Phi) is 4.93. The Labute approximate surface area is 167 Å². The molecule has 0 unspecified atom stereocenters.